The standard InChI is InChI=1S/C22H28N4O3/c1-2-26(17-18-6-4-3-5-7-18)22(28)20-14-19(15-23-16-20)21(27)24-8-9-25-10-12-29-13-11-25/h3-7,14-16H,2,8-13,17H2,1H3,(H,24,27). The number of rotatable bonds is 8. The molecule has 7 nitrogen and oxygen atoms in total. The van der Waals surface area contributed by atoms with Gasteiger partial charge in [0.1, 0.15) is 0 Å². The zero-order chi connectivity index (χ0) is 20.5. The number of aromatic nitrogens is 1. The van der Waals surface area contributed by atoms with E-state index >= 15 is 0 Å². The fourth-order valence-corrected chi connectivity index (χ4v) is 3.25. The van der Waals surface area contributed by atoms with Crippen molar-refractivity contribution in [3.8, 4) is 0 Å². The smallest absolute Gasteiger partial charge is 0.255 e. The third-order valence-corrected chi connectivity index (χ3v) is 4.95. The second-order valence-electron chi connectivity index (χ2n) is 6.98. The van der Waals surface area contributed by atoms with Crippen LogP contribution in [0.2, 0.25) is 0 Å². The Hall–Kier alpha value is -2.77. The topological polar surface area (TPSA) is 74.8 Å². The Balaban J connectivity index is 1.58. The van der Waals surface area contributed by atoms with Gasteiger partial charge < -0.3 is 15.0 Å². The van der Waals surface area contributed by atoms with Gasteiger partial charge in [-0.3, -0.25) is 19.5 Å². The molecule has 0 bridgehead atoms. The van der Waals surface area contributed by atoms with Gasteiger partial charge in [0.2, 0.25) is 0 Å². The lowest BCUT2D eigenvalue weighted by atomic mass is 10.1. The Kier molecular flexibility index (Phi) is 7.72. The summed E-state index contributed by atoms with van der Waals surface area (Å²) in [5, 5.41) is 2.91. The fourth-order valence-electron chi connectivity index (χ4n) is 3.25. The van der Waals surface area contributed by atoms with Crippen LogP contribution in [0, 0.1) is 0 Å². The first kappa shape index (κ1) is 21.0. The molecule has 2 amide bonds. The predicted molar refractivity (Wildman–Crippen MR) is 111 cm³/mol. The summed E-state index contributed by atoms with van der Waals surface area (Å²) < 4.78 is 5.32. The van der Waals surface area contributed by atoms with Crippen LogP contribution in [0.1, 0.15) is 33.2 Å². The minimum atomic E-state index is -0.216. The molecule has 1 fully saturated rings. The van der Waals surface area contributed by atoms with Gasteiger partial charge in [-0.2, -0.15) is 0 Å². The van der Waals surface area contributed by atoms with E-state index in [-0.39, 0.29) is 11.8 Å². The first-order chi connectivity index (χ1) is 14.2. The predicted octanol–water partition coefficient (Wildman–Crippen LogP) is 1.81. The van der Waals surface area contributed by atoms with Gasteiger partial charge in [0, 0.05) is 51.7 Å². The van der Waals surface area contributed by atoms with Crippen LogP contribution in [0.15, 0.2) is 48.8 Å². The van der Waals surface area contributed by atoms with E-state index in [9.17, 15) is 9.59 Å². The van der Waals surface area contributed by atoms with Crippen LogP contribution in [0.3, 0.4) is 0 Å². The van der Waals surface area contributed by atoms with Gasteiger partial charge in [0.05, 0.1) is 24.3 Å². The molecule has 0 saturated carbocycles. The number of pyridine rings is 1. The maximum Gasteiger partial charge on any atom is 0.255 e. The van der Waals surface area contributed by atoms with Crippen molar-refractivity contribution in [1.82, 2.24) is 20.1 Å². The maximum absolute atomic E-state index is 12.9. The van der Waals surface area contributed by atoms with Crippen LogP contribution in [-0.4, -0.2) is 72.5 Å². The lowest BCUT2D eigenvalue weighted by Gasteiger charge is -2.26. The summed E-state index contributed by atoms with van der Waals surface area (Å²) in [6.45, 7) is 7.60. The van der Waals surface area contributed by atoms with Gasteiger partial charge in [-0.25, -0.2) is 0 Å². The minimum Gasteiger partial charge on any atom is -0.379 e. The van der Waals surface area contributed by atoms with Gasteiger partial charge in [0.15, 0.2) is 0 Å². The molecule has 1 N–H and O–H groups in total. The number of benzene rings is 1. The highest BCUT2D eigenvalue weighted by molar-refractivity contribution is 5.99. The average Bonchev–Trinajstić information content (AvgIpc) is 2.78. The van der Waals surface area contributed by atoms with Crippen molar-refractivity contribution in [2.75, 3.05) is 45.9 Å². The molecule has 1 aromatic carbocycles. The largest absolute Gasteiger partial charge is 0.379 e. The molecule has 2 heterocycles. The van der Waals surface area contributed by atoms with Crippen molar-refractivity contribution < 1.29 is 14.3 Å². The van der Waals surface area contributed by atoms with E-state index in [1.807, 2.05) is 37.3 Å². The van der Waals surface area contributed by atoms with E-state index < -0.39 is 0 Å². The number of carbonyl (C=O) groups is 2. The highest BCUT2D eigenvalue weighted by Crippen LogP contribution is 2.11. The first-order valence-electron chi connectivity index (χ1n) is 10.0. The third kappa shape index (κ3) is 6.10. The van der Waals surface area contributed by atoms with Gasteiger partial charge in [-0.05, 0) is 18.6 Å². The van der Waals surface area contributed by atoms with Crippen LogP contribution < -0.4 is 5.32 Å². The molecule has 0 atom stereocenters. The number of ether oxygens (including phenoxy) is 1. The molecule has 2 aromatic rings. The molecule has 0 spiro atoms. The molecule has 1 aromatic heterocycles. The Morgan fingerprint density at radius 1 is 1.14 bits per heavy atom. The molecule has 1 saturated heterocycles. The lowest BCUT2D eigenvalue weighted by Crippen LogP contribution is -2.41. The van der Waals surface area contributed by atoms with Crippen molar-refractivity contribution >= 4 is 11.8 Å². The normalized spacial score (nSPS) is 14.4. The monoisotopic (exact) mass is 396 g/mol. The Morgan fingerprint density at radius 2 is 1.86 bits per heavy atom. The highest BCUT2D eigenvalue weighted by Gasteiger charge is 2.17. The summed E-state index contributed by atoms with van der Waals surface area (Å²) in [5.74, 6) is -0.349. The van der Waals surface area contributed by atoms with Gasteiger partial charge in [0.25, 0.3) is 11.8 Å². The quantitative estimate of drug-likeness (QED) is 0.737. The molecule has 7 heteroatoms. The maximum atomic E-state index is 12.9. The van der Waals surface area contributed by atoms with Gasteiger partial charge in [-0.1, -0.05) is 30.3 Å². The van der Waals surface area contributed by atoms with E-state index in [0.717, 1.165) is 38.4 Å². The number of amides is 2. The van der Waals surface area contributed by atoms with E-state index in [0.29, 0.717) is 30.8 Å². The zero-order valence-corrected chi connectivity index (χ0v) is 16.8. The molecular formula is C22H28N4O3. The van der Waals surface area contributed by atoms with Crippen LogP contribution in [0.5, 0.6) is 0 Å². The van der Waals surface area contributed by atoms with E-state index in [1.54, 1.807) is 11.0 Å². The van der Waals surface area contributed by atoms with Crippen LogP contribution in [0.4, 0.5) is 0 Å². The van der Waals surface area contributed by atoms with Crippen LogP contribution in [0.25, 0.3) is 0 Å². The minimum absolute atomic E-state index is 0.133. The second kappa shape index (κ2) is 10.7. The number of nitrogens with zero attached hydrogens (tertiary/aromatic N) is 3. The second-order valence-corrected chi connectivity index (χ2v) is 6.98. The molecular weight excluding hydrogens is 368 g/mol. The van der Waals surface area contributed by atoms with Crippen molar-refractivity contribution in [3.05, 3.63) is 65.5 Å². The summed E-state index contributed by atoms with van der Waals surface area (Å²) in [6.07, 6.45) is 3.01. The van der Waals surface area contributed by atoms with Crippen LogP contribution >= 0.6 is 0 Å². The Bertz CT molecular complexity index is 807. The molecule has 0 unspecified atom stereocenters. The van der Waals surface area contributed by atoms with Gasteiger partial charge in [-0.15, -0.1) is 0 Å². The van der Waals surface area contributed by atoms with E-state index in [4.69, 9.17) is 4.74 Å². The number of morpholine rings is 1. The summed E-state index contributed by atoms with van der Waals surface area (Å²) in [6, 6.07) is 11.5. The first-order valence-corrected chi connectivity index (χ1v) is 10.0. The van der Waals surface area contributed by atoms with Crippen molar-refractivity contribution in [3.63, 3.8) is 0 Å². The lowest BCUT2D eigenvalue weighted by molar-refractivity contribution is 0.0383. The Labute approximate surface area is 171 Å². The molecule has 0 radical (unpaired) electrons. The molecule has 3 rings (SSSR count). The van der Waals surface area contributed by atoms with Crippen molar-refractivity contribution in [2.24, 2.45) is 0 Å². The number of nitrogens with one attached hydrogen (secondary N) is 1. The summed E-state index contributed by atoms with van der Waals surface area (Å²) in [5.41, 5.74) is 1.88. The molecule has 154 valence electrons. The Morgan fingerprint density at radius 3 is 2.59 bits per heavy atom. The number of hydrogen-bond acceptors (Lipinski definition) is 5. The van der Waals surface area contributed by atoms with Crippen LogP contribution in [-0.2, 0) is 11.3 Å². The van der Waals surface area contributed by atoms with E-state index in [2.05, 4.69) is 15.2 Å². The summed E-state index contributed by atoms with van der Waals surface area (Å²) in [7, 11) is 0. The SMILES string of the molecule is CCN(Cc1ccccc1)C(=O)c1cncc(C(=O)NCCN2CCOCC2)c1. The van der Waals surface area contributed by atoms with Gasteiger partial charge >= 0.3 is 0 Å². The highest BCUT2D eigenvalue weighted by atomic mass is 16.5. The molecule has 0 aliphatic carbocycles. The summed E-state index contributed by atoms with van der Waals surface area (Å²) in [4.78, 5) is 33.5. The zero-order valence-electron chi connectivity index (χ0n) is 16.8. The molecule has 29 heavy (non-hydrogen) atoms. The summed E-state index contributed by atoms with van der Waals surface area (Å²) >= 11 is 0. The number of carbonyl (C=O) groups excluding carboxylic acids is 2. The third-order valence-electron chi connectivity index (χ3n) is 4.95. The average molecular weight is 396 g/mol. The molecule has 1 aliphatic rings. The van der Waals surface area contributed by atoms with Crippen molar-refractivity contribution in [2.45, 2.75) is 13.5 Å². The van der Waals surface area contributed by atoms with E-state index in [1.165, 1.54) is 12.4 Å². The number of hydrogen-bond donors (Lipinski definition) is 1. The fraction of sp³-hybridized carbons (Fsp3) is 0.409. The van der Waals surface area contributed by atoms with Crippen molar-refractivity contribution in [1.29, 1.82) is 0 Å². The molecule has 1 aliphatic heterocycles.